The molecule has 0 aromatic carbocycles. The van der Waals surface area contributed by atoms with Crippen molar-refractivity contribution in [2.24, 2.45) is 18.0 Å². The van der Waals surface area contributed by atoms with E-state index in [0.717, 1.165) is 24.2 Å². The van der Waals surface area contributed by atoms with Crippen LogP contribution < -0.4 is 10.6 Å². The summed E-state index contributed by atoms with van der Waals surface area (Å²) in [6.45, 7) is 5.74. The van der Waals surface area contributed by atoms with E-state index in [4.69, 9.17) is 0 Å². The van der Waals surface area contributed by atoms with Crippen molar-refractivity contribution in [2.45, 2.75) is 71.4 Å². The molecule has 6 nitrogen and oxygen atoms in total. The zero-order valence-electron chi connectivity index (χ0n) is 14.9. The van der Waals surface area contributed by atoms with Crippen LogP contribution in [0.3, 0.4) is 0 Å². The smallest absolute Gasteiger partial charge is 0.191 e. The molecule has 2 rings (SSSR count). The fourth-order valence-corrected chi connectivity index (χ4v) is 3.20. The summed E-state index contributed by atoms with van der Waals surface area (Å²) < 4.78 is 1.76. The number of aryl methyl sites for hydroxylation is 1. The minimum atomic E-state index is 0.439. The molecule has 1 heterocycles. The van der Waals surface area contributed by atoms with Crippen LogP contribution in [-0.4, -0.2) is 33.3 Å². The number of nitrogens with one attached hydrogen (secondary N) is 2. The van der Waals surface area contributed by atoms with Gasteiger partial charge in [-0.15, -0.1) is 0 Å². The Morgan fingerprint density at radius 2 is 2.17 bits per heavy atom. The molecule has 0 saturated heterocycles. The minimum absolute atomic E-state index is 0.439. The number of aliphatic imine (C=N–C) groups is 1. The topological polar surface area (TPSA) is 67.1 Å². The lowest BCUT2D eigenvalue weighted by Gasteiger charge is -2.24. The van der Waals surface area contributed by atoms with Gasteiger partial charge in [-0.3, -0.25) is 4.68 Å². The van der Waals surface area contributed by atoms with Gasteiger partial charge in [-0.1, -0.05) is 32.1 Å². The van der Waals surface area contributed by atoms with Crippen LogP contribution in [0, 0.1) is 5.92 Å². The van der Waals surface area contributed by atoms with Gasteiger partial charge in [0.2, 0.25) is 0 Å². The molecule has 1 saturated carbocycles. The molecule has 6 heteroatoms. The van der Waals surface area contributed by atoms with Crippen molar-refractivity contribution in [1.82, 2.24) is 25.4 Å². The van der Waals surface area contributed by atoms with Crippen molar-refractivity contribution in [2.75, 3.05) is 6.54 Å². The molecule has 1 fully saturated rings. The van der Waals surface area contributed by atoms with E-state index < -0.39 is 0 Å². The summed E-state index contributed by atoms with van der Waals surface area (Å²) in [5.74, 6) is 2.68. The number of aromatic nitrogens is 3. The molecular formula is C17H32N6. The predicted octanol–water partition coefficient (Wildman–Crippen LogP) is 2.62. The normalized spacial score (nSPS) is 18.0. The summed E-state index contributed by atoms with van der Waals surface area (Å²) in [4.78, 5) is 8.84. The first-order valence-corrected chi connectivity index (χ1v) is 9.06. The van der Waals surface area contributed by atoms with Crippen LogP contribution in [0.1, 0.15) is 64.6 Å². The highest BCUT2D eigenvalue weighted by molar-refractivity contribution is 5.79. The summed E-state index contributed by atoms with van der Waals surface area (Å²) in [7, 11) is 1.89. The van der Waals surface area contributed by atoms with Gasteiger partial charge in [-0.05, 0) is 32.6 Å². The largest absolute Gasteiger partial charge is 0.357 e. The second-order valence-electron chi connectivity index (χ2n) is 6.62. The van der Waals surface area contributed by atoms with Gasteiger partial charge in [-0.25, -0.2) is 9.98 Å². The van der Waals surface area contributed by atoms with Gasteiger partial charge >= 0.3 is 0 Å². The Bertz CT molecular complexity index is 475. The third-order valence-corrected chi connectivity index (χ3v) is 4.64. The van der Waals surface area contributed by atoms with Gasteiger partial charge < -0.3 is 10.6 Å². The summed E-state index contributed by atoms with van der Waals surface area (Å²) in [6.07, 6.45) is 11.2. The molecular weight excluding hydrogens is 288 g/mol. The third-order valence-electron chi connectivity index (χ3n) is 4.64. The van der Waals surface area contributed by atoms with Crippen molar-refractivity contribution in [3.8, 4) is 0 Å². The summed E-state index contributed by atoms with van der Waals surface area (Å²) in [6, 6.07) is 0.439. The Kier molecular flexibility index (Phi) is 7.36. The van der Waals surface area contributed by atoms with E-state index in [1.807, 2.05) is 7.05 Å². The van der Waals surface area contributed by atoms with Crippen LogP contribution in [-0.2, 0) is 13.6 Å². The molecule has 23 heavy (non-hydrogen) atoms. The van der Waals surface area contributed by atoms with Gasteiger partial charge in [0.1, 0.15) is 18.7 Å². The maximum absolute atomic E-state index is 4.62. The highest BCUT2D eigenvalue weighted by Gasteiger charge is 2.15. The van der Waals surface area contributed by atoms with Gasteiger partial charge in [0.15, 0.2) is 5.96 Å². The molecule has 2 N–H and O–H groups in total. The van der Waals surface area contributed by atoms with Crippen molar-refractivity contribution in [1.29, 1.82) is 0 Å². The Morgan fingerprint density at radius 3 is 2.83 bits per heavy atom. The lowest BCUT2D eigenvalue weighted by Crippen LogP contribution is -2.42. The Balaban J connectivity index is 1.78. The van der Waals surface area contributed by atoms with Gasteiger partial charge in [0.25, 0.3) is 0 Å². The molecule has 1 aromatic rings. The van der Waals surface area contributed by atoms with E-state index in [9.17, 15) is 0 Å². The standard InChI is InChI=1S/C17H32N6/c1-4-18-17(19-12-16-20-13-21-23(16)3)22-14(2)10-11-15-8-6-5-7-9-15/h13-15H,4-12H2,1-3H3,(H2,18,19,22). The average molecular weight is 320 g/mol. The molecule has 1 aliphatic carbocycles. The highest BCUT2D eigenvalue weighted by atomic mass is 15.3. The number of guanidine groups is 1. The number of nitrogens with zero attached hydrogens (tertiary/aromatic N) is 4. The van der Waals surface area contributed by atoms with Gasteiger partial charge in [0.05, 0.1) is 0 Å². The molecule has 0 bridgehead atoms. The fourth-order valence-electron chi connectivity index (χ4n) is 3.20. The van der Waals surface area contributed by atoms with Crippen LogP contribution >= 0.6 is 0 Å². The maximum atomic E-state index is 4.62. The summed E-state index contributed by atoms with van der Waals surface area (Å²) in [5, 5.41) is 10.9. The van der Waals surface area contributed by atoms with Crippen LogP contribution in [0.4, 0.5) is 0 Å². The molecule has 1 unspecified atom stereocenters. The number of rotatable bonds is 7. The zero-order valence-corrected chi connectivity index (χ0v) is 14.9. The van der Waals surface area contributed by atoms with Crippen LogP contribution in [0.15, 0.2) is 11.3 Å². The van der Waals surface area contributed by atoms with Crippen molar-refractivity contribution < 1.29 is 0 Å². The van der Waals surface area contributed by atoms with Crippen molar-refractivity contribution >= 4 is 5.96 Å². The molecule has 130 valence electrons. The van der Waals surface area contributed by atoms with Crippen LogP contribution in [0.5, 0.6) is 0 Å². The SMILES string of the molecule is CCNC(=NCc1ncnn1C)NC(C)CCC1CCCCC1. The maximum Gasteiger partial charge on any atom is 0.191 e. The third kappa shape index (κ3) is 6.20. The zero-order chi connectivity index (χ0) is 16.5. The summed E-state index contributed by atoms with van der Waals surface area (Å²) in [5.41, 5.74) is 0. The Labute approximate surface area is 140 Å². The van der Waals surface area contributed by atoms with Crippen LogP contribution in [0.2, 0.25) is 0 Å². The minimum Gasteiger partial charge on any atom is -0.357 e. The predicted molar refractivity (Wildman–Crippen MR) is 94.2 cm³/mol. The number of hydrogen-bond donors (Lipinski definition) is 2. The molecule has 0 radical (unpaired) electrons. The highest BCUT2D eigenvalue weighted by Crippen LogP contribution is 2.27. The lowest BCUT2D eigenvalue weighted by molar-refractivity contribution is 0.322. The first kappa shape index (κ1) is 17.8. The fraction of sp³-hybridized carbons (Fsp3) is 0.824. The lowest BCUT2D eigenvalue weighted by atomic mass is 9.85. The Hall–Kier alpha value is -1.59. The first-order valence-electron chi connectivity index (χ1n) is 9.06. The second kappa shape index (κ2) is 9.53. The van der Waals surface area contributed by atoms with E-state index in [1.54, 1.807) is 11.0 Å². The second-order valence-corrected chi connectivity index (χ2v) is 6.62. The van der Waals surface area contributed by atoms with E-state index in [2.05, 4.69) is 39.6 Å². The van der Waals surface area contributed by atoms with Gasteiger partial charge in [0, 0.05) is 19.6 Å². The average Bonchev–Trinajstić information content (AvgIpc) is 2.97. The molecule has 1 aromatic heterocycles. The van der Waals surface area contributed by atoms with Gasteiger partial charge in [-0.2, -0.15) is 5.10 Å². The van der Waals surface area contributed by atoms with E-state index in [0.29, 0.717) is 12.6 Å². The first-order chi connectivity index (χ1) is 11.2. The molecule has 1 aliphatic rings. The van der Waals surface area contributed by atoms with E-state index >= 15 is 0 Å². The molecule has 0 aliphatic heterocycles. The van der Waals surface area contributed by atoms with E-state index in [-0.39, 0.29) is 0 Å². The van der Waals surface area contributed by atoms with Crippen molar-refractivity contribution in [3.05, 3.63) is 12.2 Å². The molecule has 0 amide bonds. The van der Waals surface area contributed by atoms with Crippen LogP contribution in [0.25, 0.3) is 0 Å². The number of hydrogen-bond acceptors (Lipinski definition) is 3. The molecule has 0 spiro atoms. The van der Waals surface area contributed by atoms with E-state index in [1.165, 1.54) is 44.9 Å². The monoisotopic (exact) mass is 320 g/mol. The quantitative estimate of drug-likeness (QED) is 0.599. The summed E-state index contributed by atoms with van der Waals surface area (Å²) >= 11 is 0. The molecule has 1 atom stereocenters. The van der Waals surface area contributed by atoms with Crippen molar-refractivity contribution in [3.63, 3.8) is 0 Å². The Morgan fingerprint density at radius 1 is 1.39 bits per heavy atom.